The highest BCUT2D eigenvalue weighted by atomic mass is 16.3. The van der Waals surface area contributed by atoms with Crippen molar-refractivity contribution in [3.05, 3.63) is 52.3 Å². The van der Waals surface area contributed by atoms with E-state index < -0.39 is 5.78 Å². The van der Waals surface area contributed by atoms with Crippen molar-refractivity contribution in [3.8, 4) is 0 Å². The Morgan fingerprint density at radius 1 is 0.895 bits per heavy atom. The summed E-state index contributed by atoms with van der Waals surface area (Å²) >= 11 is 0. The predicted molar refractivity (Wildman–Crippen MR) is 68.8 cm³/mol. The summed E-state index contributed by atoms with van der Waals surface area (Å²) in [6.45, 7) is 0. The smallest absolute Gasteiger partial charge is 0.198 e. The molecule has 4 nitrogen and oxygen atoms in total. The van der Waals surface area contributed by atoms with Crippen molar-refractivity contribution in [2.75, 3.05) is 0 Å². The number of aliphatic hydroxyl groups excluding tert-OH is 2. The first-order valence-corrected chi connectivity index (χ1v) is 6.14. The molecule has 0 bridgehead atoms. The number of benzene rings is 1. The van der Waals surface area contributed by atoms with Crippen LogP contribution in [-0.2, 0) is 4.79 Å². The van der Waals surface area contributed by atoms with E-state index in [1.807, 2.05) is 0 Å². The average molecular weight is 256 g/mol. The van der Waals surface area contributed by atoms with Crippen molar-refractivity contribution in [1.82, 2.24) is 0 Å². The summed E-state index contributed by atoms with van der Waals surface area (Å²) in [6, 6.07) is 6.64. The van der Waals surface area contributed by atoms with Crippen LogP contribution >= 0.6 is 0 Å². The lowest BCUT2D eigenvalue weighted by molar-refractivity contribution is -0.116. The van der Waals surface area contributed by atoms with Gasteiger partial charge in [0.05, 0.1) is 11.1 Å². The minimum Gasteiger partial charge on any atom is -0.512 e. The van der Waals surface area contributed by atoms with Gasteiger partial charge in [-0.2, -0.15) is 0 Å². The van der Waals surface area contributed by atoms with Crippen LogP contribution in [0, 0.1) is 0 Å². The van der Waals surface area contributed by atoms with Gasteiger partial charge in [-0.05, 0) is 6.42 Å². The molecule has 2 aliphatic carbocycles. The van der Waals surface area contributed by atoms with Gasteiger partial charge < -0.3 is 10.2 Å². The Hall–Kier alpha value is -2.36. The number of aliphatic hydroxyl groups is 2. The molecule has 0 radical (unpaired) electrons. The van der Waals surface area contributed by atoms with Crippen LogP contribution in [-0.4, -0.2) is 21.8 Å². The van der Waals surface area contributed by atoms with Crippen molar-refractivity contribution in [1.29, 1.82) is 0 Å². The monoisotopic (exact) mass is 256 g/mol. The number of hydrogen-bond acceptors (Lipinski definition) is 4. The van der Waals surface area contributed by atoms with Gasteiger partial charge in [0, 0.05) is 24.0 Å². The molecule has 0 unspecified atom stereocenters. The zero-order valence-corrected chi connectivity index (χ0v) is 10.1. The van der Waals surface area contributed by atoms with E-state index in [1.165, 1.54) is 0 Å². The third-order valence-corrected chi connectivity index (χ3v) is 3.53. The van der Waals surface area contributed by atoms with Gasteiger partial charge in [-0.3, -0.25) is 9.59 Å². The first-order chi connectivity index (χ1) is 9.11. The minimum atomic E-state index is -0.398. The Morgan fingerprint density at radius 3 is 2.21 bits per heavy atom. The summed E-state index contributed by atoms with van der Waals surface area (Å²) in [7, 11) is 0. The first kappa shape index (κ1) is 11.7. The van der Waals surface area contributed by atoms with Crippen LogP contribution in [0.1, 0.15) is 35.2 Å². The number of allylic oxidation sites excluding steroid dienone is 3. The number of carbonyl (C=O) groups is 2. The normalized spacial score (nSPS) is 19.2. The van der Waals surface area contributed by atoms with Gasteiger partial charge in [-0.15, -0.1) is 0 Å². The number of ketones is 2. The first-order valence-electron chi connectivity index (χ1n) is 6.14. The Balaban J connectivity index is 2.21. The van der Waals surface area contributed by atoms with Crippen LogP contribution in [0.25, 0.3) is 5.76 Å². The van der Waals surface area contributed by atoms with E-state index in [-0.39, 0.29) is 28.4 Å². The summed E-state index contributed by atoms with van der Waals surface area (Å²) in [4.78, 5) is 24.2. The molecule has 1 aromatic carbocycles. The molecule has 1 aromatic rings. The molecule has 0 heterocycles. The molecule has 96 valence electrons. The highest BCUT2D eigenvalue weighted by Gasteiger charge is 2.36. The van der Waals surface area contributed by atoms with Gasteiger partial charge in [0.15, 0.2) is 11.6 Å². The van der Waals surface area contributed by atoms with Crippen molar-refractivity contribution in [3.63, 3.8) is 0 Å². The van der Waals surface area contributed by atoms with Crippen LogP contribution in [0.3, 0.4) is 0 Å². The lowest BCUT2D eigenvalue weighted by Gasteiger charge is -2.15. The molecular formula is C15H12O4. The molecule has 0 saturated heterocycles. The summed E-state index contributed by atoms with van der Waals surface area (Å²) in [6.07, 6.45) is 1.23. The summed E-state index contributed by atoms with van der Waals surface area (Å²) in [5.74, 6) is -0.993. The van der Waals surface area contributed by atoms with Crippen molar-refractivity contribution in [2.45, 2.75) is 19.3 Å². The fourth-order valence-corrected chi connectivity index (χ4v) is 2.61. The molecule has 4 heteroatoms. The van der Waals surface area contributed by atoms with E-state index in [2.05, 4.69) is 0 Å². The van der Waals surface area contributed by atoms with Gasteiger partial charge in [-0.25, -0.2) is 0 Å². The SMILES string of the molecule is O=C1CCCC(O)=C1C1=C(O)c2ccccc2C1=O. The second-order valence-corrected chi connectivity index (χ2v) is 4.70. The second-order valence-electron chi connectivity index (χ2n) is 4.70. The second kappa shape index (κ2) is 4.09. The standard InChI is InChI=1S/C15H12O4/c16-10-6-3-7-11(17)12(10)13-14(18)8-4-1-2-5-9(8)15(13)19/h1-2,4-5,16,18H,3,6-7H2. The minimum absolute atomic E-state index is 0.00931. The zero-order chi connectivity index (χ0) is 13.6. The molecule has 2 aliphatic rings. The van der Waals surface area contributed by atoms with Gasteiger partial charge >= 0.3 is 0 Å². The lowest BCUT2D eigenvalue weighted by Crippen LogP contribution is -2.17. The number of Topliss-reactive ketones (excluding diaryl/α,β-unsaturated/α-hetero) is 2. The highest BCUT2D eigenvalue weighted by molar-refractivity contribution is 6.27. The lowest BCUT2D eigenvalue weighted by atomic mass is 9.89. The van der Waals surface area contributed by atoms with Crippen LogP contribution in [0.15, 0.2) is 41.2 Å². The fourth-order valence-electron chi connectivity index (χ4n) is 2.61. The molecular weight excluding hydrogens is 244 g/mol. The molecule has 0 saturated carbocycles. The van der Waals surface area contributed by atoms with Crippen molar-refractivity contribution < 1.29 is 19.8 Å². The maximum Gasteiger partial charge on any atom is 0.198 e. The summed E-state index contributed by atoms with van der Waals surface area (Å²) < 4.78 is 0. The molecule has 0 atom stereocenters. The largest absolute Gasteiger partial charge is 0.512 e. The van der Waals surface area contributed by atoms with Crippen LogP contribution in [0.2, 0.25) is 0 Å². The number of fused-ring (bicyclic) bond motifs is 1. The molecule has 0 fully saturated rings. The van der Waals surface area contributed by atoms with E-state index >= 15 is 0 Å². The van der Waals surface area contributed by atoms with E-state index in [4.69, 9.17) is 0 Å². The van der Waals surface area contributed by atoms with Crippen molar-refractivity contribution >= 4 is 17.3 Å². The molecule has 0 aromatic heterocycles. The van der Waals surface area contributed by atoms with Gasteiger partial charge in [-0.1, -0.05) is 24.3 Å². The van der Waals surface area contributed by atoms with E-state index in [9.17, 15) is 19.8 Å². The Morgan fingerprint density at radius 2 is 1.58 bits per heavy atom. The maximum atomic E-state index is 12.3. The molecule has 2 N–H and O–H groups in total. The van der Waals surface area contributed by atoms with Crippen molar-refractivity contribution in [2.24, 2.45) is 0 Å². The molecule has 0 spiro atoms. The quantitative estimate of drug-likeness (QED) is 0.810. The van der Waals surface area contributed by atoms with Gasteiger partial charge in [0.1, 0.15) is 11.5 Å². The average Bonchev–Trinajstić information content (AvgIpc) is 2.64. The van der Waals surface area contributed by atoms with E-state index in [0.29, 0.717) is 30.4 Å². The Bertz CT molecular complexity index is 664. The number of carbonyl (C=O) groups excluding carboxylic acids is 2. The third-order valence-electron chi connectivity index (χ3n) is 3.53. The molecule has 0 amide bonds. The third kappa shape index (κ3) is 1.60. The highest BCUT2D eigenvalue weighted by Crippen LogP contribution is 2.38. The predicted octanol–water partition coefficient (Wildman–Crippen LogP) is 2.72. The summed E-state index contributed by atoms with van der Waals surface area (Å²) in [5.41, 5.74) is 0.725. The van der Waals surface area contributed by atoms with Crippen LogP contribution < -0.4 is 0 Å². The number of hydrogen-bond donors (Lipinski definition) is 2. The van der Waals surface area contributed by atoms with Gasteiger partial charge in [0.2, 0.25) is 0 Å². The fraction of sp³-hybridized carbons (Fsp3) is 0.200. The van der Waals surface area contributed by atoms with E-state index in [1.54, 1.807) is 24.3 Å². The molecule has 3 rings (SSSR count). The maximum absolute atomic E-state index is 12.3. The number of rotatable bonds is 1. The van der Waals surface area contributed by atoms with Crippen LogP contribution in [0.4, 0.5) is 0 Å². The topological polar surface area (TPSA) is 74.6 Å². The Kier molecular flexibility index (Phi) is 2.52. The molecule has 19 heavy (non-hydrogen) atoms. The van der Waals surface area contributed by atoms with Crippen LogP contribution in [0.5, 0.6) is 0 Å². The zero-order valence-electron chi connectivity index (χ0n) is 10.1. The van der Waals surface area contributed by atoms with Gasteiger partial charge in [0.25, 0.3) is 0 Å². The van der Waals surface area contributed by atoms with E-state index in [0.717, 1.165) is 0 Å². The Labute approximate surface area is 109 Å². The summed E-state index contributed by atoms with van der Waals surface area (Å²) in [5, 5.41) is 20.0. The molecule has 0 aliphatic heterocycles.